The van der Waals surface area contributed by atoms with E-state index in [1.54, 1.807) is 26.2 Å². The number of methoxy groups -OCH3 is 1. The van der Waals surface area contributed by atoms with E-state index in [2.05, 4.69) is 5.32 Å². The molecule has 0 spiro atoms. The summed E-state index contributed by atoms with van der Waals surface area (Å²) >= 11 is 0. The summed E-state index contributed by atoms with van der Waals surface area (Å²) in [7, 11) is -2.32. The number of aryl methyl sites for hydroxylation is 1. The molecule has 1 saturated carbocycles. The van der Waals surface area contributed by atoms with Gasteiger partial charge in [0.25, 0.3) is 0 Å². The van der Waals surface area contributed by atoms with Crippen LogP contribution in [0.3, 0.4) is 0 Å². The van der Waals surface area contributed by atoms with Crippen molar-refractivity contribution >= 4 is 15.9 Å². The third-order valence-electron chi connectivity index (χ3n) is 5.50. The summed E-state index contributed by atoms with van der Waals surface area (Å²) in [6.07, 6.45) is 5.30. The molecule has 0 aliphatic heterocycles. The zero-order chi connectivity index (χ0) is 21.6. The van der Waals surface area contributed by atoms with Crippen molar-refractivity contribution in [2.75, 3.05) is 13.7 Å². The van der Waals surface area contributed by atoms with Crippen molar-refractivity contribution in [2.24, 2.45) is 0 Å². The van der Waals surface area contributed by atoms with Gasteiger partial charge in [-0.3, -0.25) is 4.79 Å². The van der Waals surface area contributed by atoms with Crippen molar-refractivity contribution in [3.8, 4) is 5.75 Å². The van der Waals surface area contributed by atoms with E-state index in [0.29, 0.717) is 5.75 Å². The molecular formula is C23H30N2O4S. The van der Waals surface area contributed by atoms with E-state index >= 15 is 0 Å². The van der Waals surface area contributed by atoms with Crippen molar-refractivity contribution in [2.45, 2.75) is 56.5 Å². The topological polar surface area (TPSA) is 75.7 Å². The van der Waals surface area contributed by atoms with E-state index in [1.165, 1.54) is 16.8 Å². The van der Waals surface area contributed by atoms with Gasteiger partial charge in [0.15, 0.2) is 0 Å². The molecule has 0 radical (unpaired) electrons. The Morgan fingerprint density at radius 2 is 1.80 bits per heavy atom. The zero-order valence-electron chi connectivity index (χ0n) is 17.6. The van der Waals surface area contributed by atoms with E-state index in [1.807, 2.05) is 30.3 Å². The summed E-state index contributed by atoms with van der Waals surface area (Å²) in [4.78, 5) is 12.9. The second-order valence-corrected chi connectivity index (χ2v) is 9.73. The van der Waals surface area contributed by atoms with Gasteiger partial charge in [0, 0.05) is 12.6 Å². The van der Waals surface area contributed by atoms with Crippen molar-refractivity contribution < 1.29 is 17.9 Å². The monoisotopic (exact) mass is 430 g/mol. The molecular weight excluding hydrogens is 400 g/mol. The van der Waals surface area contributed by atoms with Crippen molar-refractivity contribution in [3.05, 3.63) is 59.7 Å². The average molecular weight is 431 g/mol. The molecule has 0 heterocycles. The number of nitrogens with one attached hydrogen (secondary N) is 1. The van der Waals surface area contributed by atoms with Crippen LogP contribution in [-0.2, 0) is 21.4 Å². The highest BCUT2D eigenvalue weighted by atomic mass is 32.2. The summed E-state index contributed by atoms with van der Waals surface area (Å²) in [5.74, 6) is 0.366. The maximum Gasteiger partial charge on any atom is 0.243 e. The van der Waals surface area contributed by atoms with Crippen molar-refractivity contribution in [1.29, 1.82) is 0 Å². The maximum absolute atomic E-state index is 13.4. The Kier molecular flexibility index (Phi) is 7.50. The molecule has 0 saturated heterocycles. The first-order valence-electron chi connectivity index (χ1n) is 10.4. The number of rotatable bonds is 8. The summed E-state index contributed by atoms with van der Waals surface area (Å²) in [5.41, 5.74) is 1.56. The van der Waals surface area contributed by atoms with E-state index in [-0.39, 0.29) is 29.9 Å². The number of hydrogen-bond donors (Lipinski definition) is 1. The Hall–Kier alpha value is -2.38. The third-order valence-corrected chi connectivity index (χ3v) is 7.28. The first-order valence-corrected chi connectivity index (χ1v) is 11.8. The lowest BCUT2D eigenvalue weighted by atomic mass is 9.95. The average Bonchev–Trinajstić information content (AvgIpc) is 2.74. The minimum Gasteiger partial charge on any atom is -0.496 e. The van der Waals surface area contributed by atoms with Gasteiger partial charge in [0.2, 0.25) is 15.9 Å². The molecule has 1 N–H and O–H groups in total. The van der Waals surface area contributed by atoms with Crippen molar-refractivity contribution in [1.82, 2.24) is 9.62 Å². The fraction of sp³-hybridized carbons (Fsp3) is 0.435. The standard InChI is InChI=1S/C23H30N2O4S/c1-18-15-21(13-14-22(18)29-2)30(27,28)25(16-19-9-5-3-6-10-19)17-23(26)24-20-11-7-4-8-12-20/h3,5-6,9-10,13-15,20H,4,7-8,11-12,16-17H2,1-2H3,(H,24,26). The number of benzene rings is 2. The number of carbonyl (C=O) groups is 1. The van der Waals surface area contributed by atoms with Gasteiger partial charge < -0.3 is 10.1 Å². The quantitative estimate of drug-likeness (QED) is 0.694. The minimum atomic E-state index is -3.87. The van der Waals surface area contributed by atoms with Gasteiger partial charge in [-0.2, -0.15) is 4.31 Å². The molecule has 3 rings (SSSR count). The molecule has 2 aromatic rings. The molecule has 7 heteroatoms. The molecule has 0 atom stereocenters. The van der Waals surface area contributed by atoms with Crippen LogP contribution in [0.2, 0.25) is 0 Å². The van der Waals surface area contributed by atoms with Gasteiger partial charge in [-0.15, -0.1) is 0 Å². The molecule has 1 aliphatic carbocycles. The normalized spacial score (nSPS) is 15.2. The summed E-state index contributed by atoms with van der Waals surface area (Å²) in [5, 5.41) is 3.02. The van der Waals surface area contributed by atoms with Gasteiger partial charge in [-0.25, -0.2) is 8.42 Å². The number of amides is 1. The lowest BCUT2D eigenvalue weighted by molar-refractivity contribution is -0.122. The molecule has 162 valence electrons. The molecule has 1 aliphatic rings. The Bertz CT molecular complexity index is 954. The molecule has 1 amide bonds. The summed E-state index contributed by atoms with van der Waals surface area (Å²) in [6, 6.07) is 14.2. The van der Waals surface area contributed by atoms with Gasteiger partial charge in [0.1, 0.15) is 5.75 Å². The Morgan fingerprint density at radius 1 is 1.10 bits per heavy atom. The highest BCUT2D eigenvalue weighted by molar-refractivity contribution is 7.89. The van der Waals surface area contributed by atoms with Crippen LogP contribution in [0.5, 0.6) is 5.75 Å². The largest absolute Gasteiger partial charge is 0.496 e. The molecule has 0 aromatic heterocycles. The van der Waals surface area contributed by atoms with Crippen LogP contribution in [0.25, 0.3) is 0 Å². The smallest absolute Gasteiger partial charge is 0.243 e. The maximum atomic E-state index is 13.4. The van der Waals surface area contributed by atoms with E-state index < -0.39 is 10.0 Å². The highest BCUT2D eigenvalue weighted by Crippen LogP contribution is 2.25. The number of hydrogen-bond acceptors (Lipinski definition) is 4. The molecule has 6 nitrogen and oxygen atoms in total. The van der Waals surface area contributed by atoms with Gasteiger partial charge >= 0.3 is 0 Å². The van der Waals surface area contributed by atoms with Crippen LogP contribution in [0.15, 0.2) is 53.4 Å². The highest BCUT2D eigenvalue weighted by Gasteiger charge is 2.28. The van der Waals surface area contributed by atoms with Crippen LogP contribution in [0.1, 0.15) is 43.2 Å². The summed E-state index contributed by atoms with van der Waals surface area (Å²) in [6.45, 7) is 1.72. The second kappa shape index (κ2) is 10.1. The molecule has 1 fully saturated rings. The zero-order valence-corrected chi connectivity index (χ0v) is 18.5. The fourth-order valence-corrected chi connectivity index (χ4v) is 5.32. The Morgan fingerprint density at radius 3 is 2.43 bits per heavy atom. The number of carbonyl (C=O) groups excluding carboxylic acids is 1. The Balaban J connectivity index is 1.84. The summed E-state index contributed by atoms with van der Waals surface area (Å²) < 4.78 is 33.3. The first kappa shape index (κ1) is 22.3. The van der Waals surface area contributed by atoms with Crippen LogP contribution in [-0.4, -0.2) is 38.3 Å². The van der Waals surface area contributed by atoms with Crippen molar-refractivity contribution in [3.63, 3.8) is 0 Å². The van der Waals surface area contributed by atoms with Crippen LogP contribution in [0, 0.1) is 6.92 Å². The predicted octanol–water partition coefficient (Wildman–Crippen LogP) is 3.64. The Labute approximate surface area is 179 Å². The number of ether oxygens (including phenoxy) is 1. The lowest BCUT2D eigenvalue weighted by Gasteiger charge is -2.26. The van der Waals surface area contributed by atoms with Crippen LogP contribution in [0.4, 0.5) is 0 Å². The third kappa shape index (κ3) is 5.61. The van der Waals surface area contributed by atoms with E-state index in [9.17, 15) is 13.2 Å². The molecule has 0 bridgehead atoms. The first-order chi connectivity index (χ1) is 14.4. The van der Waals surface area contributed by atoms with Crippen LogP contribution >= 0.6 is 0 Å². The number of sulfonamides is 1. The van der Waals surface area contributed by atoms with Gasteiger partial charge in [0.05, 0.1) is 18.6 Å². The predicted molar refractivity (Wildman–Crippen MR) is 117 cm³/mol. The van der Waals surface area contributed by atoms with Gasteiger partial charge in [-0.1, -0.05) is 49.6 Å². The lowest BCUT2D eigenvalue weighted by Crippen LogP contribution is -2.44. The van der Waals surface area contributed by atoms with Gasteiger partial charge in [-0.05, 0) is 49.1 Å². The van der Waals surface area contributed by atoms with Crippen LogP contribution < -0.4 is 10.1 Å². The molecule has 2 aromatic carbocycles. The minimum absolute atomic E-state index is 0.131. The van der Waals surface area contributed by atoms with E-state index in [0.717, 1.165) is 36.8 Å². The number of nitrogens with zero attached hydrogens (tertiary/aromatic N) is 1. The molecule has 30 heavy (non-hydrogen) atoms. The van der Waals surface area contributed by atoms with E-state index in [4.69, 9.17) is 4.74 Å². The molecule has 0 unspecified atom stereocenters. The fourth-order valence-electron chi connectivity index (χ4n) is 3.85. The SMILES string of the molecule is COc1ccc(S(=O)(=O)N(CC(=O)NC2CCCCC2)Cc2ccccc2)cc1C. The second-order valence-electron chi connectivity index (χ2n) is 7.79.